The number of rotatable bonds is 2. The first-order valence-electron chi connectivity index (χ1n) is 3.96. The van der Waals surface area contributed by atoms with Crippen molar-refractivity contribution in [2.75, 3.05) is 7.05 Å². The molecule has 1 atom stereocenters. The van der Waals surface area contributed by atoms with E-state index in [1.54, 1.807) is 0 Å². The molecule has 0 aromatic carbocycles. The Bertz CT molecular complexity index is 159. The van der Waals surface area contributed by atoms with Gasteiger partial charge in [-0.2, -0.15) is 0 Å². The Labute approximate surface area is 67.3 Å². The maximum atomic E-state index is 8.80. The highest BCUT2D eigenvalue weighted by Crippen LogP contribution is 2.18. The second kappa shape index (κ2) is 3.90. The van der Waals surface area contributed by atoms with Crippen molar-refractivity contribution in [2.45, 2.75) is 25.3 Å². The fraction of sp³-hybridized carbons (Fsp3) is 0.714. The van der Waals surface area contributed by atoms with Gasteiger partial charge in [-0.1, -0.05) is 6.08 Å². The molecule has 62 valence electrons. The van der Waals surface area contributed by atoms with Gasteiger partial charge in [0.15, 0.2) is 0 Å². The molecule has 4 heteroatoms. The van der Waals surface area contributed by atoms with Crippen molar-refractivity contribution in [3.63, 3.8) is 0 Å². The van der Waals surface area contributed by atoms with Crippen LogP contribution in [-0.4, -0.2) is 30.3 Å². The highest BCUT2D eigenvalue weighted by atomic mass is 16.4. The van der Waals surface area contributed by atoms with Gasteiger partial charge in [-0.25, -0.2) is 0 Å². The molecule has 3 N–H and O–H groups in total. The van der Waals surface area contributed by atoms with Gasteiger partial charge in [0.1, 0.15) is 0 Å². The largest absolute Gasteiger partial charge is 0.483 e. The van der Waals surface area contributed by atoms with E-state index >= 15 is 0 Å². The van der Waals surface area contributed by atoms with Crippen LogP contribution < -0.4 is 5.32 Å². The van der Waals surface area contributed by atoms with Crippen LogP contribution in [-0.2, 0) is 0 Å². The molecule has 0 saturated heterocycles. The maximum absolute atomic E-state index is 8.80. The third-order valence-electron chi connectivity index (χ3n) is 2.19. The highest BCUT2D eigenvalue weighted by Gasteiger charge is 2.19. The molecule has 0 spiro atoms. The van der Waals surface area contributed by atoms with Crippen LogP contribution in [0.15, 0.2) is 11.5 Å². The highest BCUT2D eigenvalue weighted by molar-refractivity contribution is 6.50. The molecule has 0 amide bonds. The molecule has 1 aliphatic rings. The molecular weight excluding hydrogens is 141 g/mol. The lowest BCUT2D eigenvalue weighted by Crippen LogP contribution is -2.29. The Morgan fingerprint density at radius 1 is 1.64 bits per heavy atom. The standard InChI is InChI=1S/C7H14BNO2/c1-9-7-4-2-6(3-5-7)8(10)11/h2,7,9-11H,3-5H2,1H3. The molecule has 0 aromatic heterocycles. The second-order valence-electron chi connectivity index (χ2n) is 2.91. The average molecular weight is 155 g/mol. The minimum Gasteiger partial charge on any atom is -0.423 e. The summed E-state index contributed by atoms with van der Waals surface area (Å²) in [4.78, 5) is 0. The summed E-state index contributed by atoms with van der Waals surface area (Å²) < 4.78 is 0. The van der Waals surface area contributed by atoms with Crippen LogP contribution in [0, 0.1) is 0 Å². The Morgan fingerprint density at radius 3 is 2.73 bits per heavy atom. The van der Waals surface area contributed by atoms with Crippen molar-refractivity contribution in [3.8, 4) is 0 Å². The van der Waals surface area contributed by atoms with Gasteiger partial charge < -0.3 is 15.4 Å². The van der Waals surface area contributed by atoms with Gasteiger partial charge in [0.05, 0.1) is 0 Å². The minimum absolute atomic E-state index is 0.512. The Morgan fingerprint density at radius 2 is 2.36 bits per heavy atom. The van der Waals surface area contributed by atoms with Crippen molar-refractivity contribution < 1.29 is 10.0 Å². The summed E-state index contributed by atoms with van der Waals surface area (Å²) in [6, 6.07) is 0.512. The summed E-state index contributed by atoms with van der Waals surface area (Å²) in [6.45, 7) is 0. The SMILES string of the molecule is CNC1CC=C(B(O)O)CC1. The lowest BCUT2D eigenvalue weighted by Gasteiger charge is -2.20. The molecule has 1 rings (SSSR count). The van der Waals surface area contributed by atoms with Crippen LogP contribution in [0.25, 0.3) is 0 Å². The minimum atomic E-state index is -1.24. The molecule has 3 nitrogen and oxygen atoms in total. The van der Waals surface area contributed by atoms with Gasteiger partial charge in [0, 0.05) is 6.04 Å². The second-order valence-corrected chi connectivity index (χ2v) is 2.91. The smallest absolute Gasteiger partial charge is 0.423 e. The van der Waals surface area contributed by atoms with Crippen molar-refractivity contribution in [3.05, 3.63) is 11.5 Å². The van der Waals surface area contributed by atoms with E-state index in [4.69, 9.17) is 10.0 Å². The summed E-state index contributed by atoms with van der Waals surface area (Å²) >= 11 is 0. The molecule has 0 bridgehead atoms. The van der Waals surface area contributed by atoms with E-state index in [1.165, 1.54) is 0 Å². The maximum Gasteiger partial charge on any atom is 0.483 e. The van der Waals surface area contributed by atoms with Gasteiger partial charge in [0.2, 0.25) is 0 Å². The van der Waals surface area contributed by atoms with Gasteiger partial charge >= 0.3 is 7.12 Å². The van der Waals surface area contributed by atoms with Crippen LogP contribution in [0.5, 0.6) is 0 Å². The van der Waals surface area contributed by atoms with Gasteiger partial charge in [0.25, 0.3) is 0 Å². The molecule has 0 saturated carbocycles. The third kappa shape index (κ3) is 2.32. The molecule has 0 aromatic rings. The van der Waals surface area contributed by atoms with Gasteiger partial charge in [-0.15, -0.1) is 0 Å². The quantitative estimate of drug-likeness (QED) is 0.479. The third-order valence-corrected chi connectivity index (χ3v) is 2.19. The van der Waals surface area contributed by atoms with E-state index in [-0.39, 0.29) is 0 Å². The van der Waals surface area contributed by atoms with E-state index < -0.39 is 7.12 Å². The monoisotopic (exact) mass is 155 g/mol. The molecule has 0 aliphatic heterocycles. The topological polar surface area (TPSA) is 52.5 Å². The average Bonchev–Trinajstić information content (AvgIpc) is 2.05. The summed E-state index contributed by atoms with van der Waals surface area (Å²) in [7, 11) is 0.687. The van der Waals surface area contributed by atoms with Crippen LogP contribution in [0.2, 0.25) is 0 Å². The molecule has 0 heterocycles. The first-order chi connectivity index (χ1) is 5.24. The van der Waals surface area contributed by atoms with Gasteiger partial charge in [-0.3, -0.25) is 0 Å². The van der Waals surface area contributed by atoms with Crippen LogP contribution >= 0.6 is 0 Å². The number of hydrogen-bond acceptors (Lipinski definition) is 3. The van der Waals surface area contributed by atoms with E-state index in [0.29, 0.717) is 6.04 Å². The van der Waals surface area contributed by atoms with E-state index in [0.717, 1.165) is 24.7 Å². The number of allylic oxidation sites excluding steroid dienone is 1. The van der Waals surface area contributed by atoms with Crippen molar-refractivity contribution >= 4 is 7.12 Å². The van der Waals surface area contributed by atoms with Crippen molar-refractivity contribution in [1.29, 1.82) is 0 Å². The Kier molecular flexibility index (Phi) is 3.11. The lowest BCUT2D eigenvalue weighted by molar-refractivity contribution is 0.409. The van der Waals surface area contributed by atoms with Crippen LogP contribution in [0.1, 0.15) is 19.3 Å². The predicted molar refractivity (Wildman–Crippen MR) is 45.0 cm³/mol. The van der Waals surface area contributed by atoms with Gasteiger partial charge in [-0.05, 0) is 31.8 Å². The molecule has 0 radical (unpaired) electrons. The van der Waals surface area contributed by atoms with Crippen LogP contribution in [0.4, 0.5) is 0 Å². The zero-order valence-corrected chi connectivity index (χ0v) is 6.75. The van der Waals surface area contributed by atoms with E-state index in [1.807, 2.05) is 13.1 Å². The zero-order chi connectivity index (χ0) is 8.27. The van der Waals surface area contributed by atoms with Crippen molar-refractivity contribution in [1.82, 2.24) is 5.32 Å². The predicted octanol–water partition coefficient (Wildman–Crippen LogP) is -0.303. The molecular formula is C7H14BNO2. The summed E-state index contributed by atoms with van der Waals surface area (Å²) in [6.07, 6.45) is 4.61. The Hall–Kier alpha value is -0.315. The molecule has 1 unspecified atom stereocenters. The van der Waals surface area contributed by atoms with Crippen molar-refractivity contribution in [2.24, 2.45) is 0 Å². The zero-order valence-electron chi connectivity index (χ0n) is 6.75. The summed E-state index contributed by atoms with van der Waals surface area (Å²) in [5.74, 6) is 0. The fourth-order valence-corrected chi connectivity index (χ4v) is 1.35. The fourth-order valence-electron chi connectivity index (χ4n) is 1.35. The van der Waals surface area contributed by atoms with E-state index in [2.05, 4.69) is 5.32 Å². The van der Waals surface area contributed by atoms with E-state index in [9.17, 15) is 0 Å². The first kappa shape index (κ1) is 8.78. The number of hydrogen-bond donors (Lipinski definition) is 3. The normalized spacial score (nSPS) is 24.6. The first-order valence-corrected chi connectivity index (χ1v) is 3.96. The number of nitrogens with one attached hydrogen (secondary N) is 1. The molecule has 1 aliphatic carbocycles. The summed E-state index contributed by atoms with van der Waals surface area (Å²) in [5, 5.41) is 20.8. The molecule has 11 heavy (non-hydrogen) atoms. The molecule has 0 fully saturated rings. The van der Waals surface area contributed by atoms with Crippen LogP contribution in [0.3, 0.4) is 0 Å². The summed E-state index contributed by atoms with van der Waals surface area (Å²) in [5.41, 5.74) is 0.761. The Balaban J connectivity index is 2.44. The lowest BCUT2D eigenvalue weighted by atomic mass is 9.73.